The van der Waals surface area contributed by atoms with E-state index in [1.807, 2.05) is 12.1 Å². The van der Waals surface area contributed by atoms with Crippen LogP contribution in [0.4, 0.5) is 0 Å². The molecular formula is C18H29NO2. The molecule has 0 bridgehead atoms. The summed E-state index contributed by atoms with van der Waals surface area (Å²) in [5.41, 5.74) is 1.22. The lowest BCUT2D eigenvalue weighted by atomic mass is 10.1. The fraction of sp³-hybridized carbons (Fsp3) is 0.667. The van der Waals surface area contributed by atoms with Gasteiger partial charge in [0, 0.05) is 18.2 Å². The Kier molecular flexibility index (Phi) is 6.37. The van der Waals surface area contributed by atoms with Gasteiger partial charge in [-0.05, 0) is 43.7 Å². The van der Waals surface area contributed by atoms with Crippen LogP contribution in [0.5, 0.6) is 11.5 Å². The van der Waals surface area contributed by atoms with Crippen molar-refractivity contribution < 1.29 is 9.47 Å². The van der Waals surface area contributed by atoms with Crippen LogP contribution in [-0.2, 0) is 6.54 Å². The molecule has 1 saturated carbocycles. The standard InChI is InChI=1S/C18H29NO2/c1-4-9-20-17-8-7-16(12-19-11-14(2)3)18(10-17)21-13-15-5-6-15/h7-8,10,14-15,19H,4-6,9,11-13H2,1-3H3. The zero-order chi connectivity index (χ0) is 15.1. The predicted octanol–water partition coefficient (Wildman–Crippen LogP) is 4.01. The van der Waals surface area contributed by atoms with E-state index >= 15 is 0 Å². The molecule has 0 atom stereocenters. The minimum Gasteiger partial charge on any atom is -0.493 e. The average Bonchev–Trinajstić information content (AvgIpc) is 3.28. The zero-order valence-corrected chi connectivity index (χ0v) is 13.7. The first-order valence-corrected chi connectivity index (χ1v) is 8.28. The Morgan fingerprint density at radius 3 is 2.71 bits per heavy atom. The summed E-state index contributed by atoms with van der Waals surface area (Å²) in [6.45, 7) is 10.0. The molecular weight excluding hydrogens is 262 g/mol. The van der Waals surface area contributed by atoms with Gasteiger partial charge in [-0.15, -0.1) is 0 Å². The molecule has 0 spiro atoms. The highest BCUT2D eigenvalue weighted by Crippen LogP contribution is 2.31. The molecule has 1 aliphatic carbocycles. The molecule has 1 aromatic rings. The van der Waals surface area contributed by atoms with Gasteiger partial charge in [-0.2, -0.15) is 0 Å². The fourth-order valence-electron chi connectivity index (χ4n) is 2.11. The van der Waals surface area contributed by atoms with E-state index in [9.17, 15) is 0 Å². The van der Waals surface area contributed by atoms with E-state index in [0.29, 0.717) is 5.92 Å². The SMILES string of the molecule is CCCOc1ccc(CNCC(C)C)c(OCC2CC2)c1. The van der Waals surface area contributed by atoms with E-state index in [4.69, 9.17) is 9.47 Å². The number of benzene rings is 1. The summed E-state index contributed by atoms with van der Waals surface area (Å²) >= 11 is 0. The minimum absolute atomic E-state index is 0.660. The van der Waals surface area contributed by atoms with E-state index in [2.05, 4.69) is 32.2 Å². The third kappa shape index (κ3) is 5.96. The molecule has 118 valence electrons. The predicted molar refractivity (Wildman–Crippen MR) is 87.0 cm³/mol. The highest BCUT2D eigenvalue weighted by molar-refractivity contribution is 5.40. The van der Waals surface area contributed by atoms with Crippen LogP contribution in [-0.4, -0.2) is 19.8 Å². The first-order chi connectivity index (χ1) is 10.2. The molecule has 0 unspecified atom stereocenters. The Bertz CT molecular complexity index is 427. The Morgan fingerprint density at radius 2 is 2.05 bits per heavy atom. The molecule has 2 rings (SSSR count). The van der Waals surface area contributed by atoms with Crippen molar-refractivity contribution in [3.05, 3.63) is 23.8 Å². The van der Waals surface area contributed by atoms with E-state index in [0.717, 1.165) is 50.1 Å². The topological polar surface area (TPSA) is 30.5 Å². The maximum atomic E-state index is 6.02. The molecule has 0 amide bonds. The fourth-order valence-corrected chi connectivity index (χ4v) is 2.11. The highest BCUT2D eigenvalue weighted by atomic mass is 16.5. The molecule has 0 aromatic heterocycles. The van der Waals surface area contributed by atoms with Crippen LogP contribution >= 0.6 is 0 Å². The summed E-state index contributed by atoms with van der Waals surface area (Å²) in [5, 5.41) is 3.49. The van der Waals surface area contributed by atoms with Gasteiger partial charge in [-0.3, -0.25) is 0 Å². The zero-order valence-electron chi connectivity index (χ0n) is 13.7. The largest absolute Gasteiger partial charge is 0.493 e. The van der Waals surface area contributed by atoms with Crippen molar-refractivity contribution in [3.63, 3.8) is 0 Å². The van der Waals surface area contributed by atoms with Crippen molar-refractivity contribution in [2.45, 2.75) is 46.6 Å². The monoisotopic (exact) mass is 291 g/mol. The van der Waals surface area contributed by atoms with E-state index in [-0.39, 0.29) is 0 Å². The smallest absolute Gasteiger partial charge is 0.127 e. The highest BCUT2D eigenvalue weighted by Gasteiger charge is 2.22. The molecule has 1 fully saturated rings. The Hall–Kier alpha value is -1.22. The summed E-state index contributed by atoms with van der Waals surface area (Å²) in [7, 11) is 0. The molecule has 3 heteroatoms. The number of hydrogen-bond acceptors (Lipinski definition) is 3. The Labute approximate surface area is 129 Å². The molecule has 1 N–H and O–H groups in total. The number of hydrogen-bond donors (Lipinski definition) is 1. The molecule has 0 heterocycles. The van der Waals surface area contributed by atoms with Gasteiger partial charge in [0.1, 0.15) is 11.5 Å². The second-order valence-electron chi connectivity index (χ2n) is 6.40. The van der Waals surface area contributed by atoms with Gasteiger partial charge in [0.25, 0.3) is 0 Å². The van der Waals surface area contributed by atoms with Crippen LogP contribution in [0.2, 0.25) is 0 Å². The Morgan fingerprint density at radius 1 is 1.24 bits per heavy atom. The van der Waals surface area contributed by atoms with Crippen LogP contribution in [0.3, 0.4) is 0 Å². The first kappa shape index (κ1) is 16.2. The normalized spacial score (nSPS) is 14.5. The summed E-state index contributed by atoms with van der Waals surface area (Å²) < 4.78 is 11.7. The summed E-state index contributed by atoms with van der Waals surface area (Å²) in [5.74, 6) is 3.32. The van der Waals surface area contributed by atoms with Crippen LogP contribution in [0.25, 0.3) is 0 Å². The molecule has 1 aliphatic rings. The maximum absolute atomic E-state index is 6.02. The molecule has 0 saturated heterocycles. The van der Waals surface area contributed by atoms with Crippen LogP contribution in [0, 0.1) is 11.8 Å². The van der Waals surface area contributed by atoms with Crippen molar-refractivity contribution in [3.8, 4) is 11.5 Å². The van der Waals surface area contributed by atoms with Gasteiger partial charge in [0.2, 0.25) is 0 Å². The molecule has 1 aromatic carbocycles. The molecule has 21 heavy (non-hydrogen) atoms. The third-order valence-corrected chi connectivity index (χ3v) is 3.55. The number of nitrogens with one attached hydrogen (secondary N) is 1. The van der Waals surface area contributed by atoms with Crippen molar-refractivity contribution in [2.24, 2.45) is 11.8 Å². The molecule has 0 aliphatic heterocycles. The van der Waals surface area contributed by atoms with Crippen molar-refractivity contribution in [1.29, 1.82) is 0 Å². The van der Waals surface area contributed by atoms with Crippen LogP contribution in [0.1, 0.15) is 45.6 Å². The second-order valence-corrected chi connectivity index (χ2v) is 6.40. The number of ether oxygens (including phenoxy) is 2. The van der Waals surface area contributed by atoms with E-state index < -0.39 is 0 Å². The first-order valence-electron chi connectivity index (χ1n) is 8.28. The second kappa shape index (κ2) is 8.28. The van der Waals surface area contributed by atoms with E-state index in [1.165, 1.54) is 18.4 Å². The third-order valence-electron chi connectivity index (χ3n) is 3.55. The maximum Gasteiger partial charge on any atom is 0.127 e. The van der Waals surface area contributed by atoms with Gasteiger partial charge in [-0.1, -0.05) is 26.8 Å². The number of rotatable bonds is 10. The van der Waals surface area contributed by atoms with E-state index in [1.54, 1.807) is 0 Å². The van der Waals surface area contributed by atoms with Crippen LogP contribution in [0.15, 0.2) is 18.2 Å². The van der Waals surface area contributed by atoms with Crippen molar-refractivity contribution >= 4 is 0 Å². The summed E-state index contributed by atoms with van der Waals surface area (Å²) in [4.78, 5) is 0. The van der Waals surface area contributed by atoms with Gasteiger partial charge < -0.3 is 14.8 Å². The molecule has 3 nitrogen and oxygen atoms in total. The lowest BCUT2D eigenvalue weighted by Gasteiger charge is -2.15. The molecule has 0 radical (unpaired) electrons. The van der Waals surface area contributed by atoms with Gasteiger partial charge >= 0.3 is 0 Å². The van der Waals surface area contributed by atoms with Crippen molar-refractivity contribution in [2.75, 3.05) is 19.8 Å². The quantitative estimate of drug-likeness (QED) is 0.706. The van der Waals surface area contributed by atoms with Gasteiger partial charge in [0.15, 0.2) is 0 Å². The minimum atomic E-state index is 0.660. The average molecular weight is 291 g/mol. The Balaban J connectivity index is 1.97. The summed E-state index contributed by atoms with van der Waals surface area (Å²) in [6.07, 6.45) is 3.65. The van der Waals surface area contributed by atoms with Gasteiger partial charge in [-0.25, -0.2) is 0 Å². The van der Waals surface area contributed by atoms with Crippen molar-refractivity contribution in [1.82, 2.24) is 5.32 Å². The van der Waals surface area contributed by atoms with Gasteiger partial charge in [0.05, 0.1) is 13.2 Å². The lowest BCUT2D eigenvalue weighted by molar-refractivity contribution is 0.287. The van der Waals surface area contributed by atoms with Crippen LogP contribution < -0.4 is 14.8 Å². The lowest BCUT2D eigenvalue weighted by Crippen LogP contribution is -2.19. The summed E-state index contributed by atoms with van der Waals surface area (Å²) in [6, 6.07) is 6.22.